The van der Waals surface area contributed by atoms with E-state index in [1.807, 2.05) is 11.9 Å². The topological polar surface area (TPSA) is 46.3 Å². The molecule has 0 saturated heterocycles. The van der Waals surface area contributed by atoms with E-state index in [2.05, 4.69) is 0 Å². The van der Waals surface area contributed by atoms with Gasteiger partial charge in [0.1, 0.15) is 0 Å². The van der Waals surface area contributed by atoms with Crippen molar-refractivity contribution in [3.8, 4) is 0 Å². The minimum atomic E-state index is 0. The largest absolute Gasteiger partial charge is 0.345 e. The fourth-order valence-corrected chi connectivity index (χ4v) is 4.63. The van der Waals surface area contributed by atoms with Crippen LogP contribution >= 0.6 is 12.4 Å². The summed E-state index contributed by atoms with van der Waals surface area (Å²) in [6.45, 7) is 0.958. The van der Waals surface area contributed by atoms with Crippen molar-refractivity contribution >= 4 is 18.3 Å². The molecule has 0 aliphatic heterocycles. The average Bonchev–Trinajstić information content (AvgIpc) is 3.04. The van der Waals surface area contributed by atoms with E-state index in [-0.39, 0.29) is 24.4 Å². The molecule has 3 aliphatic carbocycles. The molecule has 3 nitrogen and oxygen atoms in total. The number of halogens is 1. The summed E-state index contributed by atoms with van der Waals surface area (Å²) in [6, 6.07) is 0.141. The van der Waals surface area contributed by atoms with Crippen LogP contribution in [-0.2, 0) is 4.79 Å². The lowest BCUT2D eigenvalue weighted by molar-refractivity contribution is -0.137. The predicted molar refractivity (Wildman–Crippen MR) is 79.1 cm³/mol. The van der Waals surface area contributed by atoms with Gasteiger partial charge in [0.15, 0.2) is 0 Å². The summed E-state index contributed by atoms with van der Waals surface area (Å²) < 4.78 is 0. The third kappa shape index (κ3) is 2.78. The van der Waals surface area contributed by atoms with E-state index in [0.717, 1.165) is 12.5 Å². The van der Waals surface area contributed by atoms with E-state index in [0.29, 0.717) is 17.7 Å². The molecule has 4 heteroatoms. The monoisotopic (exact) mass is 286 g/mol. The summed E-state index contributed by atoms with van der Waals surface area (Å²) in [4.78, 5) is 14.6. The van der Waals surface area contributed by atoms with Crippen LogP contribution in [0, 0.1) is 23.7 Å². The molecule has 0 aromatic carbocycles. The first-order chi connectivity index (χ1) is 8.66. The molecule has 4 atom stereocenters. The summed E-state index contributed by atoms with van der Waals surface area (Å²) in [6.07, 6.45) is 8.99. The summed E-state index contributed by atoms with van der Waals surface area (Å²) in [7, 11) is 1.99. The van der Waals surface area contributed by atoms with E-state index in [4.69, 9.17) is 5.73 Å². The number of hydrogen-bond donors (Lipinski definition) is 1. The quantitative estimate of drug-likeness (QED) is 0.866. The van der Waals surface area contributed by atoms with Crippen molar-refractivity contribution < 1.29 is 4.79 Å². The number of carbonyl (C=O) groups excluding carboxylic acids is 1. The van der Waals surface area contributed by atoms with Crippen molar-refractivity contribution in [2.24, 2.45) is 29.4 Å². The lowest BCUT2D eigenvalue weighted by Crippen LogP contribution is -2.46. The Morgan fingerprint density at radius 1 is 1.16 bits per heavy atom. The van der Waals surface area contributed by atoms with Gasteiger partial charge in [-0.1, -0.05) is 12.8 Å². The van der Waals surface area contributed by atoms with Crippen LogP contribution in [0.1, 0.15) is 44.9 Å². The molecule has 2 N–H and O–H groups in total. The molecule has 3 rings (SSSR count). The molecule has 3 saturated carbocycles. The third-order valence-electron chi connectivity index (χ3n) is 5.65. The van der Waals surface area contributed by atoms with E-state index < -0.39 is 0 Å². The number of hydrogen-bond acceptors (Lipinski definition) is 2. The molecular weight excluding hydrogens is 260 g/mol. The molecule has 3 fully saturated rings. The van der Waals surface area contributed by atoms with Gasteiger partial charge < -0.3 is 10.6 Å². The summed E-state index contributed by atoms with van der Waals surface area (Å²) in [5.41, 5.74) is 6.26. The van der Waals surface area contributed by atoms with E-state index in [1.54, 1.807) is 0 Å². The summed E-state index contributed by atoms with van der Waals surface area (Å²) >= 11 is 0. The maximum absolute atomic E-state index is 12.6. The van der Waals surface area contributed by atoms with Crippen LogP contribution in [0.5, 0.6) is 0 Å². The van der Waals surface area contributed by atoms with Crippen LogP contribution < -0.4 is 5.73 Å². The number of carbonyl (C=O) groups is 1. The molecule has 0 aromatic rings. The standard InChI is InChI=1S/C15H26N2O.ClH/c1-17(9-10-4-2-3-5-10)15(18)13-11-6-7-12(8-11)14(13)16;/h10-14H,2-9,16H2,1H3;1H. The zero-order chi connectivity index (χ0) is 12.7. The van der Waals surface area contributed by atoms with Gasteiger partial charge in [0, 0.05) is 19.6 Å². The second-order valence-corrected chi connectivity index (χ2v) is 6.81. The normalized spacial score (nSPS) is 37.4. The molecule has 4 unspecified atom stereocenters. The van der Waals surface area contributed by atoms with Crippen LogP contribution in [0.2, 0.25) is 0 Å². The Morgan fingerprint density at radius 3 is 2.37 bits per heavy atom. The van der Waals surface area contributed by atoms with E-state index in [9.17, 15) is 4.79 Å². The molecule has 19 heavy (non-hydrogen) atoms. The SMILES string of the molecule is CN(CC1CCCC1)C(=O)C1C2CCC(C2)C1N.Cl. The molecular formula is C15H27ClN2O. The Labute approximate surface area is 122 Å². The molecule has 0 aromatic heterocycles. The first-order valence-electron chi connectivity index (χ1n) is 7.67. The van der Waals surface area contributed by atoms with Crippen molar-refractivity contribution in [3.63, 3.8) is 0 Å². The van der Waals surface area contributed by atoms with Gasteiger partial charge in [-0.3, -0.25) is 4.79 Å². The third-order valence-corrected chi connectivity index (χ3v) is 5.65. The van der Waals surface area contributed by atoms with E-state index >= 15 is 0 Å². The van der Waals surface area contributed by atoms with Crippen LogP contribution in [0.3, 0.4) is 0 Å². The van der Waals surface area contributed by atoms with Crippen molar-refractivity contribution in [2.75, 3.05) is 13.6 Å². The number of amides is 1. The molecule has 2 bridgehead atoms. The minimum Gasteiger partial charge on any atom is -0.345 e. The highest BCUT2D eigenvalue weighted by Crippen LogP contribution is 2.48. The molecule has 0 heterocycles. The summed E-state index contributed by atoms with van der Waals surface area (Å²) in [5.74, 6) is 2.43. The molecule has 0 radical (unpaired) electrons. The molecule has 3 aliphatic rings. The van der Waals surface area contributed by atoms with Gasteiger partial charge in [-0.15, -0.1) is 12.4 Å². The zero-order valence-corrected chi connectivity index (χ0v) is 12.7. The Balaban J connectivity index is 0.00000133. The Hall–Kier alpha value is -0.280. The summed E-state index contributed by atoms with van der Waals surface area (Å²) in [5, 5.41) is 0. The average molecular weight is 287 g/mol. The van der Waals surface area contributed by atoms with Gasteiger partial charge in [-0.05, 0) is 49.9 Å². The highest BCUT2D eigenvalue weighted by molar-refractivity contribution is 5.85. The Kier molecular flexibility index (Phi) is 4.78. The first-order valence-corrected chi connectivity index (χ1v) is 7.67. The second kappa shape index (κ2) is 6.01. The molecule has 0 spiro atoms. The number of nitrogens with zero attached hydrogens (tertiary/aromatic N) is 1. The molecule has 110 valence electrons. The van der Waals surface area contributed by atoms with Crippen LogP contribution in [0.4, 0.5) is 0 Å². The fourth-order valence-electron chi connectivity index (χ4n) is 4.63. The van der Waals surface area contributed by atoms with Gasteiger partial charge in [0.05, 0.1) is 5.92 Å². The van der Waals surface area contributed by atoms with Gasteiger partial charge in [-0.25, -0.2) is 0 Å². The molecule has 1 amide bonds. The highest BCUT2D eigenvalue weighted by atomic mass is 35.5. The zero-order valence-electron chi connectivity index (χ0n) is 11.9. The van der Waals surface area contributed by atoms with Crippen LogP contribution in [0.15, 0.2) is 0 Å². The maximum atomic E-state index is 12.6. The predicted octanol–water partition coefficient (Wildman–Crippen LogP) is 2.43. The first kappa shape index (κ1) is 15.1. The van der Waals surface area contributed by atoms with Crippen molar-refractivity contribution in [1.29, 1.82) is 0 Å². The van der Waals surface area contributed by atoms with Gasteiger partial charge in [0.2, 0.25) is 5.91 Å². The number of fused-ring (bicyclic) bond motifs is 2. The lowest BCUT2D eigenvalue weighted by Gasteiger charge is -2.31. The fraction of sp³-hybridized carbons (Fsp3) is 0.933. The number of rotatable bonds is 3. The van der Waals surface area contributed by atoms with Crippen LogP contribution in [-0.4, -0.2) is 30.4 Å². The van der Waals surface area contributed by atoms with Crippen molar-refractivity contribution in [1.82, 2.24) is 4.90 Å². The van der Waals surface area contributed by atoms with Gasteiger partial charge in [0.25, 0.3) is 0 Å². The van der Waals surface area contributed by atoms with E-state index in [1.165, 1.54) is 44.9 Å². The van der Waals surface area contributed by atoms with Gasteiger partial charge >= 0.3 is 0 Å². The lowest BCUT2D eigenvalue weighted by atomic mass is 9.84. The minimum absolute atomic E-state index is 0. The Bertz CT molecular complexity index is 328. The van der Waals surface area contributed by atoms with Crippen LogP contribution in [0.25, 0.3) is 0 Å². The Morgan fingerprint density at radius 2 is 1.79 bits per heavy atom. The van der Waals surface area contributed by atoms with Crippen molar-refractivity contribution in [3.05, 3.63) is 0 Å². The maximum Gasteiger partial charge on any atom is 0.227 e. The van der Waals surface area contributed by atoms with Gasteiger partial charge in [-0.2, -0.15) is 0 Å². The highest BCUT2D eigenvalue weighted by Gasteiger charge is 2.49. The van der Waals surface area contributed by atoms with Crippen molar-refractivity contribution in [2.45, 2.75) is 51.0 Å². The smallest absolute Gasteiger partial charge is 0.227 e. The second-order valence-electron chi connectivity index (χ2n) is 6.81. The number of nitrogens with two attached hydrogens (primary N) is 1.